The zero-order valence-corrected chi connectivity index (χ0v) is 20.2. The first-order chi connectivity index (χ1) is 16.2. The van der Waals surface area contributed by atoms with Crippen molar-refractivity contribution in [1.82, 2.24) is 4.98 Å². The lowest BCUT2D eigenvalue weighted by molar-refractivity contribution is 0.0432. The summed E-state index contributed by atoms with van der Waals surface area (Å²) >= 11 is 0. The lowest BCUT2D eigenvalue weighted by Crippen LogP contribution is -2.29. The molecule has 2 heterocycles. The molecular formula is C28H34F3NO2. The summed E-state index contributed by atoms with van der Waals surface area (Å²) in [6.07, 6.45) is 0.714. The summed E-state index contributed by atoms with van der Waals surface area (Å²) in [5.41, 5.74) is 5.90. The maximum Gasteiger partial charge on any atom is 0.273 e. The standard InChI is InChI=1S/C28H34F3NO2/c1-15-25-23(26(34-15)18-11-9-17(10-12-18)24(29)27(30)31)21(16-7-5-4-6-8-16)22-19(32-25)13-28(2,3)14-20(22)33/h9-12,15-16,20,24,26-27,33H,4-8,13-14H2,1-3H3. The minimum atomic E-state index is -3.05. The van der Waals surface area contributed by atoms with Crippen LogP contribution in [-0.2, 0) is 11.2 Å². The van der Waals surface area contributed by atoms with Crippen molar-refractivity contribution >= 4 is 0 Å². The second-order valence-corrected chi connectivity index (χ2v) is 11.1. The number of pyridine rings is 1. The second-order valence-electron chi connectivity index (χ2n) is 11.1. The number of benzene rings is 1. The zero-order valence-electron chi connectivity index (χ0n) is 20.2. The molecule has 4 unspecified atom stereocenters. The van der Waals surface area contributed by atoms with Gasteiger partial charge in [-0.15, -0.1) is 0 Å². The van der Waals surface area contributed by atoms with Crippen molar-refractivity contribution in [2.75, 3.05) is 0 Å². The molecule has 184 valence electrons. The molecule has 5 rings (SSSR count). The number of rotatable bonds is 4. The van der Waals surface area contributed by atoms with E-state index in [2.05, 4.69) is 13.8 Å². The first-order valence-electron chi connectivity index (χ1n) is 12.6. The number of alkyl halides is 3. The molecule has 1 N–H and O–H groups in total. The Bertz CT molecular complexity index is 1050. The molecule has 2 aliphatic carbocycles. The van der Waals surface area contributed by atoms with E-state index in [9.17, 15) is 18.3 Å². The molecule has 1 aromatic heterocycles. The number of hydrogen-bond donors (Lipinski definition) is 1. The number of aromatic nitrogens is 1. The third-order valence-electron chi connectivity index (χ3n) is 7.93. The van der Waals surface area contributed by atoms with Crippen LogP contribution in [-0.4, -0.2) is 16.5 Å². The summed E-state index contributed by atoms with van der Waals surface area (Å²) in [5, 5.41) is 11.3. The molecule has 0 saturated heterocycles. The fraction of sp³-hybridized carbons (Fsp3) is 0.607. The highest BCUT2D eigenvalue weighted by Crippen LogP contribution is 2.53. The maximum absolute atomic E-state index is 13.8. The third-order valence-corrected chi connectivity index (χ3v) is 7.93. The van der Waals surface area contributed by atoms with Gasteiger partial charge in [-0.2, -0.15) is 0 Å². The SMILES string of the molecule is CC1OC(c2ccc(C(F)C(F)F)cc2)c2c1nc1c(c2C2CCCCC2)C(O)CC(C)(C)C1. The molecule has 1 aliphatic heterocycles. The molecule has 3 nitrogen and oxygen atoms in total. The number of nitrogens with zero attached hydrogens (tertiary/aromatic N) is 1. The van der Waals surface area contributed by atoms with Crippen LogP contribution in [0.2, 0.25) is 0 Å². The van der Waals surface area contributed by atoms with Gasteiger partial charge in [0.05, 0.1) is 17.9 Å². The second kappa shape index (κ2) is 8.94. The lowest BCUT2D eigenvalue weighted by Gasteiger charge is -2.38. The van der Waals surface area contributed by atoms with Gasteiger partial charge in [0.2, 0.25) is 0 Å². The van der Waals surface area contributed by atoms with Crippen molar-refractivity contribution < 1.29 is 23.0 Å². The van der Waals surface area contributed by atoms with Crippen molar-refractivity contribution in [2.45, 2.75) is 103 Å². The summed E-state index contributed by atoms with van der Waals surface area (Å²) < 4.78 is 46.0. The molecule has 0 spiro atoms. The van der Waals surface area contributed by atoms with Gasteiger partial charge in [0.15, 0.2) is 6.17 Å². The number of ether oxygens (including phenoxy) is 1. The van der Waals surface area contributed by atoms with Gasteiger partial charge in [0, 0.05) is 16.8 Å². The van der Waals surface area contributed by atoms with E-state index in [0.29, 0.717) is 12.3 Å². The van der Waals surface area contributed by atoms with E-state index in [1.165, 1.54) is 37.0 Å². The van der Waals surface area contributed by atoms with Gasteiger partial charge in [-0.05, 0) is 60.6 Å². The van der Waals surface area contributed by atoms with E-state index in [1.54, 1.807) is 12.1 Å². The number of fused-ring (bicyclic) bond motifs is 2. The summed E-state index contributed by atoms with van der Waals surface area (Å²) in [7, 11) is 0. The van der Waals surface area contributed by atoms with Crippen LogP contribution in [0.25, 0.3) is 0 Å². The van der Waals surface area contributed by atoms with Crippen LogP contribution < -0.4 is 0 Å². The Hall–Kier alpha value is -1.92. The van der Waals surface area contributed by atoms with Gasteiger partial charge in [-0.3, -0.25) is 4.98 Å². The Morgan fingerprint density at radius 1 is 1.00 bits per heavy atom. The number of hydrogen-bond acceptors (Lipinski definition) is 3. The monoisotopic (exact) mass is 473 g/mol. The van der Waals surface area contributed by atoms with E-state index >= 15 is 0 Å². The van der Waals surface area contributed by atoms with Gasteiger partial charge in [-0.25, -0.2) is 13.2 Å². The van der Waals surface area contributed by atoms with Gasteiger partial charge in [0.1, 0.15) is 6.10 Å². The molecule has 6 heteroatoms. The van der Waals surface area contributed by atoms with Gasteiger partial charge in [-0.1, -0.05) is 57.4 Å². The molecule has 34 heavy (non-hydrogen) atoms. The molecule has 1 fully saturated rings. The van der Waals surface area contributed by atoms with Crippen LogP contribution in [0.4, 0.5) is 13.2 Å². The molecule has 2 aromatic rings. The van der Waals surface area contributed by atoms with Crippen molar-refractivity contribution in [3.05, 3.63) is 63.5 Å². The molecule has 1 aromatic carbocycles. The Morgan fingerprint density at radius 3 is 2.32 bits per heavy atom. The largest absolute Gasteiger partial charge is 0.388 e. The lowest BCUT2D eigenvalue weighted by atomic mass is 9.69. The minimum absolute atomic E-state index is 0.0248. The normalized spacial score (nSPS) is 27.5. The Balaban J connectivity index is 1.64. The van der Waals surface area contributed by atoms with Gasteiger partial charge >= 0.3 is 0 Å². The average Bonchev–Trinajstić information content (AvgIpc) is 3.13. The molecular weight excluding hydrogens is 439 g/mol. The average molecular weight is 474 g/mol. The third kappa shape index (κ3) is 4.17. The highest BCUT2D eigenvalue weighted by molar-refractivity contribution is 5.52. The van der Waals surface area contributed by atoms with Crippen LogP contribution in [0.1, 0.15) is 129 Å². The van der Waals surface area contributed by atoms with Crippen molar-refractivity contribution in [1.29, 1.82) is 0 Å². The van der Waals surface area contributed by atoms with E-state index in [0.717, 1.165) is 47.3 Å². The van der Waals surface area contributed by atoms with Crippen molar-refractivity contribution in [3.8, 4) is 0 Å². The highest BCUT2D eigenvalue weighted by Gasteiger charge is 2.43. The fourth-order valence-electron chi connectivity index (χ4n) is 6.36. The number of aliphatic hydroxyl groups excluding tert-OH is 1. The molecule has 3 aliphatic rings. The summed E-state index contributed by atoms with van der Waals surface area (Å²) in [4.78, 5) is 5.08. The first kappa shape index (κ1) is 23.8. The Morgan fingerprint density at radius 2 is 1.68 bits per heavy atom. The van der Waals surface area contributed by atoms with E-state index in [1.807, 2.05) is 6.92 Å². The Kier molecular flexibility index (Phi) is 6.26. The van der Waals surface area contributed by atoms with Crippen LogP contribution in [0.3, 0.4) is 0 Å². The van der Waals surface area contributed by atoms with Crippen LogP contribution >= 0.6 is 0 Å². The van der Waals surface area contributed by atoms with Crippen LogP contribution in [0, 0.1) is 5.41 Å². The molecule has 0 bridgehead atoms. The topological polar surface area (TPSA) is 42.4 Å². The fourth-order valence-corrected chi connectivity index (χ4v) is 6.36. The maximum atomic E-state index is 13.8. The van der Waals surface area contributed by atoms with E-state index < -0.39 is 24.8 Å². The number of aliphatic hydroxyl groups is 1. The molecule has 0 radical (unpaired) electrons. The predicted molar refractivity (Wildman–Crippen MR) is 125 cm³/mol. The first-order valence-corrected chi connectivity index (χ1v) is 12.6. The highest BCUT2D eigenvalue weighted by atomic mass is 19.3. The van der Waals surface area contributed by atoms with E-state index in [4.69, 9.17) is 9.72 Å². The van der Waals surface area contributed by atoms with Crippen LogP contribution in [0.5, 0.6) is 0 Å². The zero-order chi connectivity index (χ0) is 24.2. The van der Waals surface area contributed by atoms with Gasteiger partial charge < -0.3 is 9.84 Å². The summed E-state index contributed by atoms with van der Waals surface area (Å²) in [6.45, 7) is 6.35. The van der Waals surface area contributed by atoms with Gasteiger partial charge in [0.25, 0.3) is 6.43 Å². The summed E-state index contributed by atoms with van der Waals surface area (Å²) in [5.74, 6) is 0.347. The van der Waals surface area contributed by atoms with Crippen LogP contribution in [0.15, 0.2) is 24.3 Å². The molecule has 0 amide bonds. The molecule has 1 saturated carbocycles. The van der Waals surface area contributed by atoms with Crippen molar-refractivity contribution in [2.24, 2.45) is 5.41 Å². The number of halogens is 3. The minimum Gasteiger partial charge on any atom is -0.388 e. The quantitative estimate of drug-likeness (QED) is 0.497. The predicted octanol–water partition coefficient (Wildman–Crippen LogP) is 7.59. The Labute approximate surface area is 199 Å². The summed E-state index contributed by atoms with van der Waals surface area (Å²) in [6, 6.07) is 6.25. The molecule has 4 atom stereocenters. The van der Waals surface area contributed by atoms with Crippen molar-refractivity contribution in [3.63, 3.8) is 0 Å². The van der Waals surface area contributed by atoms with E-state index in [-0.39, 0.29) is 17.1 Å². The smallest absolute Gasteiger partial charge is 0.273 e.